The SMILES string of the molecule is CC(CN(C)C)CN1c2ccccc2Sc2ccccc21.COc1cc2c(cc1OC)C1C(=O)c3ccc4c(c3OC1CO2)CC(C(C)C)O4.O=C(O)C(O)C(O)C(=O)O. The molecule has 4 aromatic rings. The number of carbonyl (C=O) groups is 3. The molecule has 0 saturated heterocycles. The molecule has 4 aromatic carbocycles. The van der Waals surface area contributed by atoms with Crippen LogP contribution in [0.4, 0.5) is 11.4 Å². The Morgan fingerprint density at radius 2 is 1.43 bits per heavy atom. The van der Waals surface area contributed by atoms with Crippen molar-refractivity contribution in [2.75, 3.05) is 52.9 Å². The number of carboxylic acids is 2. The third-order valence-corrected chi connectivity index (χ3v) is 11.7. The number of Topliss-reactive ketones (excluding diaryl/α,β-unsaturated/α-hetero) is 1. The first-order chi connectivity index (χ1) is 28.6. The number of methoxy groups -OCH3 is 2. The van der Waals surface area contributed by atoms with E-state index in [1.807, 2.05) is 30.0 Å². The van der Waals surface area contributed by atoms with Crippen LogP contribution in [-0.4, -0.2) is 115 Å². The van der Waals surface area contributed by atoms with Crippen molar-refractivity contribution in [3.05, 3.63) is 89.5 Å². The van der Waals surface area contributed by atoms with Gasteiger partial charge in [-0.1, -0.05) is 56.8 Å². The van der Waals surface area contributed by atoms with Crippen LogP contribution in [0.15, 0.2) is 82.6 Å². The van der Waals surface area contributed by atoms with Crippen molar-refractivity contribution in [1.29, 1.82) is 0 Å². The molecular formula is C45H52N2O12S. The summed E-state index contributed by atoms with van der Waals surface area (Å²) in [5.41, 5.74) is 5.05. The van der Waals surface area contributed by atoms with Crippen molar-refractivity contribution in [3.63, 3.8) is 0 Å². The number of carboxylic acid groups (broad SMARTS) is 2. The van der Waals surface area contributed by atoms with E-state index in [0.29, 0.717) is 47.0 Å². The predicted molar refractivity (Wildman–Crippen MR) is 225 cm³/mol. The molecule has 6 unspecified atom stereocenters. The van der Waals surface area contributed by atoms with E-state index in [1.165, 1.54) is 21.2 Å². The number of rotatable bonds is 10. The van der Waals surface area contributed by atoms with Crippen LogP contribution in [0.5, 0.6) is 28.7 Å². The number of fused-ring (bicyclic) bond motifs is 8. The lowest BCUT2D eigenvalue weighted by Crippen LogP contribution is -2.43. The van der Waals surface area contributed by atoms with Gasteiger partial charge in [0.15, 0.2) is 29.5 Å². The van der Waals surface area contributed by atoms with Gasteiger partial charge in [0.25, 0.3) is 0 Å². The summed E-state index contributed by atoms with van der Waals surface area (Å²) in [5.74, 6) is 0.318. The Hall–Kier alpha value is -5.48. The van der Waals surface area contributed by atoms with E-state index in [-0.39, 0.29) is 18.0 Å². The van der Waals surface area contributed by atoms with E-state index in [9.17, 15) is 14.4 Å². The van der Waals surface area contributed by atoms with Gasteiger partial charge in [-0.3, -0.25) is 4.79 Å². The second-order valence-corrected chi connectivity index (χ2v) is 16.7. The van der Waals surface area contributed by atoms with Gasteiger partial charge in [-0.05, 0) is 68.4 Å². The standard InChI is InChI=1S/C23H24O6.C18H22N2S.C4H6O6/c1-11(2)16-8-14-15(28-16)6-5-12-22(24)21-13-7-18(25-3)19(26-4)9-17(13)27-10-20(21)29-23(12)14;1-14(12-19(2)3)13-20-15-8-4-6-10-17(15)21-18-11-7-5-9-16(18)20;5-1(3(7)8)2(6)4(9)10/h5-7,9,11,16,20-21H,8,10H2,1-4H3;4-11,14H,12-13H2,1-3H3;1-2,5-6H,(H,7,8)(H,9,10). The number of aliphatic hydroxyl groups excluding tert-OH is 2. The molecule has 8 rings (SSSR count). The quantitative estimate of drug-likeness (QED) is 0.143. The van der Waals surface area contributed by atoms with E-state index in [2.05, 4.69) is 93.2 Å². The molecule has 0 amide bonds. The fourth-order valence-electron chi connectivity index (χ4n) is 7.70. The highest BCUT2D eigenvalue weighted by Gasteiger charge is 2.46. The van der Waals surface area contributed by atoms with E-state index >= 15 is 0 Å². The fourth-order valence-corrected chi connectivity index (χ4v) is 8.80. The fraction of sp³-hybridized carbons (Fsp3) is 0.400. The number of ether oxygens (including phenoxy) is 5. The number of hydrogen-bond acceptors (Lipinski definition) is 13. The number of benzene rings is 4. The summed E-state index contributed by atoms with van der Waals surface area (Å²) >= 11 is 1.88. The second-order valence-electron chi connectivity index (χ2n) is 15.7. The number of carbonyl (C=O) groups excluding carboxylic acids is 1. The van der Waals surface area contributed by atoms with Crippen LogP contribution in [0.25, 0.3) is 0 Å². The maximum absolute atomic E-state index is 13.5. The zero-order valence-electron chi connectivity index (χ0n) is 34.7. The maximum atomic E-state index is 13.5. The molecule has 60 heavy (non-hydrogen) atoms. The molecule has 0 aromatic heterocycles. The number of hydrogen-bond donors (Lipinski definition) is 4. The van der Waals surface area contributed by atoms with Crippen molar-refractivity contribution in [2.24, 2.45) is 11.8 Å². The predicted octanol–water partition coefficient (Wildman–Crippen LogP) is 6.15. The average Bonchev–Trinajstić information content (AvgIpc) is 3.68. The Kier molecular flexibility index (Phi) is 13.8. The van der Waals surface area contributed by atoms with E-state index in [4.69, 9.17) is 44.1 Å². The Labute approximate surface area is 353 Å². The molecule has 14 nitrogen and oxygen atoms in total. The molecule has 0 bridgehead atoms. The summed E-state index contributed by atoms with van der Waals surface area (Å²) in [7, 11) is 7.44. The van der Waals surface area contributed by atoms with Crippen LogP contribution < -0.4 is 28.6 Å². The summed E-state index contributed by atoms with van der Waals surface area (Å²) in [4.78, 5) is 40.5. The van der Waals surface area contributed by atoms with Gasteiger partial charge in [0, 0.05) is 46.5 Å². The summed E-state index contributed by atoms with van der Waals surface area (Å²) in [5, 5.41) is 32.5. The van der Waals surface area contributed by atoms with Crippen LogP contribution in [0, 0.1) is 11.8 Å². The zero-order valence-corrected chi connectivity index (χ0v) is 35.5. The smallest absolute Gasteiger partial charge is 0.335 e. The van der Waals surface area contributed by atoms with Gasteiger partial charge in [-0.25, -0.2) is 9.59 Å². The van der Waals surface area contributed by atoms with E-state index in [1.54, 1.807) is 20.3 Å². The molecule has 0 aliphatic carbocycles. The lowest BCUT2D eigenvalue weighted by Gasteiger charge is -2.37. The summed E-state index contributed by atoms with van der Waals surface area (Å²) < 4.78 is 29.2. The van der Waals surface area contributed by atoms with Gasteiger partial charge in [0.1, 0.15) is 36.1 Å². The molecule has 15 heteroatoms. The molecule has 320 valence electrons. The summed E-state index contributed by atoms with van der Waals surface area (Å²) in [6, 6.07) is 24.8. The Bertz CT molecular complexity index is 2150. The first-order valence-corrected chi connectivity index (χ1v) is 20.5. The lowest BCUT2D eigenvalue weighted by atomic mass is 9.81. The number of para-hydroxylation sites is 2. The topological polar surface area (TPSA) is 185 Å². The van der Waals surface area contributed by atoms with Crippen molar-refractivity contribution in [1.82, 2.24) is 4.90 Å². The molecule has 6 atom stereocenters. The highest BCUT2D eigenvalue weighted by molar-refractivity contribution is 7.99. The molecule has 4 aliphatic rings. The number of ketones is 1. The zero-order chi connectivity index (χ0) is 43.4. The number of anilines is 2. The third kappa shape index (κ3) is 9.29. The van der Waals surface area contributed by atoms with Crippen LogP contribution in [0.3, 0.4) is 0 Å². The Morgan fingerprint density at radius 3 is 1.98 bits per heavy atom. The first kappa shape index (κ1) is 44.1. The van der Waals surface area contributed by atoms with E-state index < -0.39 is 30.1 Å². The van der Waals surface area contributed by atoms with Crippen molar-refractivity contribution < 1.29 is 58.5 Å². The first-order valence-electron chi connectivity index (χ1n) is 19.6. The Balaban J connectivity index is 0.000000170. The molecule has 4 aliphatic heterocycles. The minimum Gasteiger partial charge on any atom is -0.493 e. The van der Waals surface area contributed by atoms with Crippen LogP contribution in [-0.2, 0) is 16.0 Å². The van der Waals surface area contributed by atoms with Crippen LogP contribution in [0.2, 0.25) is 0 Å². The monoisotopic (exact) mass is 844 g/mol. The normalized spacial score (nSPS) is 19.3. The van der Waals surface area contributed by atoms with Crippen LogP contribution in [0.1, 0.15) is 48.2 Å². The third-order valence-electron chi connectivity index (χ3n) is 10.6. The second kappa shape index (κ2) is 18.8. The Morgan fingerprint density at radius 1 is 0.850 bits per heavy atom. The number of nitrogens with zero attached hydrogens (tertiary/aromatic N) is 2. The van der Waals surface area contributed by atoms with Crippen LogP contribution >= 0.6 is 11.8 Å². The number of aliphatic hydroxyl groups is 2. The van der Waals surface area contributed by atoms with Crippen molar-refractivity contribution in [3.8, 4) is 28.7 Å². The summed E-state index contributed by atoms with van der Waals surface area (Å²) in [6.45, 7) is 9.06. The molecule has 0 radical (unpaired) electrons. The molecule has 0 fully saturated rings. The minimum atomic E-state index is -2.27. The van der Waals surface area contributed by atoms with Gasteiger partial charge in [0.05, 0.1) is 37.1 Å². The molecule has 4 heterocycles. The molecule has 4 N–H and O–H groups in total. The van der Waals surface area contributed by atoms with Crippen molar-refractivity contribution in [2.45, 2.75) is 67.3 Å². The summed E-state index contributed by atoms with van der Waals surface area (Å²) in [6.07, 6.45) is -4.06. The largest absolute Gasteiger partial charge is 0.493 e. The van der Waals surface area contributed by atoms with Gasteiger partial charge in [0.2, 0.25) is 0 Å². The van der Waals surface area contributed by atoms with E-state index in [0.717, 1.165) is 36.4 Å². The maximum Gasteiger partial charge on any atom is 0.335 e. The highest BCUT2D eigenvalue weighted by atomic mass is 32.2. The molecular weight excluding hydrogens is 793 g/mol. The van der Waals surface area contributed by atoms with Crippen molar-refractivity contribution >= 4 is 40.9 Å². The number of aliphatic carboxylic acids is 2. The lowest BCUT2D eigenvalue weighted by molar-refractivity contribution is -0.165. The highest BCUT2D eigenvalue weighted by Crippen LogP contribution is 2.50. The van der Waals surface area contributed by atoms with Gasteiger partial charge in [-0.15, -0.1) is 0 Å². The average molecular weight is 845 g/mol. The molecule has 0 spiro atoms. The van der Waals surface area contributed by atoms with Gasteiger partial charge >= 0.3 is 11.9 Å². The van der Waals surface area contributed by atoms with Gasteiger partial charge in [-0.2, -0.15) is 0 Å². The molecule has 0 saturated carbocycles. The minimum absolute atomic E-state index is 0.0452. The van der Waals surface area contributed by atoms with Gasteiger partial charge < -0.3 is 53.9 Å².